The van der Waals surface area contributed by atoms with Gasteiger partial charge in [-0.15, -0.1) is 28.9 Å². The second kappa shape index (κ2) is 14.4. The molecule has 3 rings (SSSR count). The highest BCUT2D eigenvalue weighted by molar-refractivity contribution is 7.22. The van der Waals surface area contributed by atoms with Gasteiger partial charge in [0.1, 0.15) is 5.75 Å². The first-order valence-electron chi connectivity index (χ1n) is 13.5. The number of unbranched alkanes of at least 4 members (excludes halogenated alkanes) is 2. The Morgan fingerprint density at radius 1 is 0.844 bits per heavy atom. The number of thiophene rings is 1. The van der Waals surface area contributed by atoms with E-state index >= 15 is 0 Å². The second-order valence-corrected chi connectivity index (χ2v) is 11.2. The molecular formula is C30H30F8O6S. The third kappa shape index (κ3) is 11.2. The van der Waals surface area contributed by atoms with Crippen LogP contribution >= 0.6 is 11.3 Å². The maximum absolute atomic E-state index is 14.1. The number of alkyl halides is 8. The maximum Gasteiger partial charge on any atom is 0.496 e. The Bertz CT molecular complexity index is 1490. The van der Waals surface area contributed by atoms with E-state index in [0.717, 1.165) is 54.0 Å². The lowest BCUT2D eigenvalue weighted by Gasteiger charge is -2.27. The Kier molecular flexibility index (Phi) is 11.6. The van der Waals surface area contributed by atoms with Gasteiger partial charge in [-0.2, -0.15) is 17.6 Å². The summed E-state index contributed by atoms with van der Waals surface area (Å²) in [6, 6.07) is 12.3. The van der Waals surface area contributed by atoms with E-state index < -0.39 is 44.0 Å². The molecular weight excluding hydrogens is 640 g/mol. The maximum atomic E-state index is 14.1. The van der Waals surface area contributed by atoms with Crippen LogP contribution in [0.1, 0.15) is 44.2 Å². The van der Waals surface area contributed by atoms with Crippen molar-refractivity contribution in [3.63, 3.8) is 0 Å². The molecule has 0 aliphatic rings. The van der Waals surface area contributed by atoms with Gasteiger partial charge in [-0.05, 0) is 73.0 Å². The van der Waals surface area contributed by atoms with Gasteiger partial charge in [-0.1, -0.05) is 44.5 Å². The average molecular weight is 671 g/mol. The number of benzene rings is 2. The second-order valence-electron chi connectivity index (χ2n) is 10.1. The Balaban J connectivity index is 1.61. The van der Waals surface area contributed by atoms with E-state index in [2.05, 4.69) is 38.5 Å². The molecule has 0 N–H and O–H groups in total. The standard InChI is InChI=1S/C30H30F8O6S/c1-5-6-7-8-20-9-12-23(19(4)13-20)25-14-21-10-11-22(15-24(21)45-25)40-16-27(31,32)42-29(35,36)44-30(37,38)43-28(33,34)17-41-26(39)18(2)3/h9-15H,2,5-8,16-17H2,1,3-4H3. The molecule has 1 heterocycles. The summed E-state index contributed by atoms with van der Waals surface area (Å²) in [5, 5.41) is 0.755. The minimum absolute atomic E-state index is 0.177. The minimum Gasteiger partial charge on any atom is -0.484 e. The zero-order chi connectivity index (χ0) is 33.6. The number of fused-ring (bicyclic) bond motifs is 1. The predicted octanol–water partition coefficient (Wildman–Crippen LogP) is 9.44. The van der Waals surface area contributed by atoms with Crippen molar-refractivity contribution in [3.8, 4) is 16.2 Å². The molecule has 0 fully saturated rings. The molecule has 15 heteroatoms. The first-order valence-corrected chi connectivity index (χ1v) is 14.3. The summed E-state index contributed by atoms with van der Waals surface area (Å²) in [5.41, 5.74) is 2.87. The molecule has 0 atom stereocenters. The van der Waals surface area contributed by atoms with Crippen molar-refractivity contribution >= 4 is 27.4 Å². The number of carbonyl (C=O) groups is 1. The molecule has 0 unspecified atom stereocenters. The van der Waals surface area contributed by atoms with Gasteiger partial charge in [0.15, 0.2) is 13.2 Å². The quantitative estimate of drug-likeness (QED) is 0.0469. The number of aryl methyl sites for hydroxylation is 2. The fourth-order valence-electron chi connectivity index (χ4n) is 4.00. The molecule has 1 aromatic heterocycles. The van der Waals surface area contributed by atoms with Gasteiger partial charge in [0.2, 0.25) is 0 Å². The number of carbonyl (C=O) groups excluding carboxylic acids is 1. The van der Waals surface area contributed by atoms with E-state index in [-0.39, 0.29) is 11.3 Å². The van der Waals surface area contributed by atoms with Gasteiger partial charge in [-0.3, -0.25) is 0 Å². The molecule has 248 valence electrons. The summed E-state index contributed by atoms with van der Waals surface area (Å²) in [6.45, 7) is 4.19. The minimum atomic E-state index is -5.87. The Labute approximate surface area is 257 Å². The number of hydrogen-bond acceptors (Lipinski definition) is 7. The zero-order valence-electron chi connectivity index (χ0n) is 24.4. The van der Waals surface area contributed by atoms with Gasteiger partial charge < -0.3 is 9.47 Å². The molecule has 2 aromatic carbocycles. The molecule has 0 aliphatic heterocycles. The van der Waals surface area contributed by atoms with Crippen LogP contribution in [0.15, 0.2) is 54.6 Å². The third-order valence-electron chi connectivity index (χ3n) is 6.02. The number of hydrogen-bond donors (Lipinski definition) is 0. The lowest BCUT2D eigenvalue weighted by molar-refractivity contribution is -0.574. The first-order chi connectivity index (χ1) is 20.8. The van der Waals surface area contributed by atoms with Gasteiger partial charge in [0, 0.05) is 15.2 Å². The summed E-state index contributed by atoms with van der Waals surface area (Å²) < 4.78 is 128. The summed E-state index contributed by atoms with van der Waals surface area (Å²) in [6.07, 6.45) is -17.4. The van der Waals surface area contributed by atoms with Gasteiger partial charge in [0.05, 0.1) is 0 Å². The van der Waals surface area contributed by atoms with Crippen molar-refractivity contribution in [2.45, 2.75) is 71.3 Å². The molecule has 45 heavy (non-hydrogen) atoms. The van der Waals surface area contributed by atoms with E-state index in [9.17, 15) is 39.9 Å². The fraction of sp³-hybridized carbons (Fsp3) is 0.433. The van der Waals surface area contributed by atoms with Gasteiger partial charge in [-0.25, -0.2) is 19.0 Å². The molecule has 3 aromatic rings. The van der Waals surface area contributed by atoms with E-state index in [4.69, 9.17) is 4.74 Å². The Hall–Kier alpha value is -3.27. The molecule has 6 nitrogen and oxygen atoms in total. The molecule has 0 radical (unpaired) electrons. The van der Waals surface area contributed by atoms with Crippen molar-refractivity contribution in [1.82, 2.24) is 0 Å². The summed E-state index contributed by atoms with van der Waals surface area (Å²) in [7, 11) is 0. The van der Waals surface area contributed by atoms with Crippen molar-refractivity contribution < 1.29 is 63.6 Å². The van der Waals surface area contributed by atoms with Crippen LogP contribution in [0, 0.1) is 6.92 Å². The topological polar surface area (TPSA) is 63.2 Å². The van der Waals surface area contributed by atoms with E-state index in [0.29, 0.717) is 4.70 Å². The average Bonchev–Trinajstić information content (AvgIpc) is 3.32. The Morgan fingerprint density at radius 2 is 1.49 bits per heavy atom. The van der Waals surface area contributed by atoms with E-state index in [1.807, 2.05) is 25.1 Å². The summed E-state index contributed by atoms with van der Waals surface area (Å²) in [4.78, 5) is 12.0. The van der Waals surface area contributed by atoms with Crippen molar-refractivity contribution in [1.29, 1.82) is 0 Å². The lowest BCUT2D eigenvalue weighted by Crippen LogP contribution is -2.46. The van der Waals surface area contributed by atoms with Gasteiger partial charge in [0.25, 0.3) is 0 Å². The smallest absolute Gasteiger partial charge is 0.484 e. The van der Waals surface area contributed by atoms with Crippen LogP contribution in [-0.2, 0) is 30.2 Å². The molecule has 0 bridgehead atoms. The van der Waals surface area contributed by atoms with E-state index in [1.54, 1.807) is 6.07 Å². The van der Waals surface area contributed by atoms with Crippen LogP contribution in [0.2, 0.25) is 0 Å². The third-order valence-corrected chi connectivity index (χ3v) is 7.15. The molecule has 0 saturated carbocycles. The highest BCUT2D eigenvalue weighted by Gasteiger charge is 2.57. The molecule has 0 spiro atoms. The number of rotatable bonds is 17. The highest BCUT2D eigenvalue weighted by Crippen LogP contribution is 2.39. The van der Waals surface area contributed by atoms with Crippen LogP contribution in [-0.4, -0.2) is 44.0 Å². The van der Waals surface area contributed by atoms with Crippen molar-refractivity contribution in [2.75, 3.05) is 13.2 Å². The Morgan fingerprint density at radius 3 is 2.09 bits per heavy atom. The van der Waals surface area contributed by atoms with Crippen LogP contribution in [0.5, 0.6) is 5.75 Å². The molecule has 0 aliphatic carbocycles. The van der Waals surface area contributed by atoms with Crippen molar-refractivity contribution in [2.24, 2.45) is 0 Å². The SMILES string of the molecule is C=C(C)C(=O)OCC(F)(F)OC(F)(F)OC(F)(F)OC(F)(F)COc1ccc2cc(-c3ccc(CCCCC)cc3C)sc2c1. The summed E-state index contributed by atoms with van der Waals surface area (Å²) in [5.74, 6) is -1.60. The highest BCUT2D eigenvalue weighted by atomic mass is 32.1. The predicted molar refractivity (Wildman–Crippen MR) is 150 cm³/mol. The number of halogens is 8. The molecule has 0 amide bonds. The lowest BCUT2D eigenvalue weighted by atomic mass is 10.00. The number of ether oxygens (including phenoxy) is 5. The normalized spacial score (nSPS) is 12.9. The fourth-order valence-corrected chi connectivity index (χ4v) is 5.18. The largest absolute Gasteiger partial charge is 0.496 e. The monoisotopic (exact) mass is 670 g/mol. The summed E-state index contributed by atoms with van der Waals surface area (Å²) >= 11 is 1.34. The van der Waals surface area contributed by atoms with Crippen LogP contribution in [0.4, 0.5) is 35.1 Å². The van der Waals surface area contributed by atoms with Gasteiger partial charge >= 0.3 is 30.8 Å². The van der Waals surface area contributed by atoms with Crippen molar-refractivity contribution in [3.05, 3.63) is 65.7 Å². The van der Waals surface area contributed by atoms with Crippen LogP contribution in [0.3, 0.4) is 0 Å². The number of esters is 1. The van der Waals surface area contributed by atoms with E-state index in [1.165, 1.54) is 29.0 Å². The molecule has 0 saturated heterocycles. The van der Waals surface area contributed by atoms with Crippen LogP contribution < -0.4 is 4.74 Å². The zero-order valence-corrected chi connectivity index (χ0v) is 25.2. The first kappa shape index (κ1) is 36.2. The van der Waals surface area contributed by atoms with Crippen LogP contribution in [0.25, 0.3) is 20.5 Å².